The van der Waals surface area contributed by atoms with E-state index in [1.165, 1.54) is 11.3 Å². The zero-order valence-electron chi connectivity index (χ0n) is 20.0. The molecule has 0 aliphatic carbocycles. The lowest BCUT2D eigenvalue weighted by Crippen LogP contribution is -2.40. The molecule has 0 spiro atoms. The summed E-state index contributed by atoms with van der Waals surface area (Å²) in [6, 6.07) is 10.6. The highest BCUT2D eigenvalue weighted by molar-refractivity contribution is 7.98. The first-order valence-electron chi connectivity index (χ1n) is 11.2. The Balaban J connectivity index is 1.69. The molecule has 0 saturated carbocycles. The van der Waals surface area contributed by atoms with Crippen molar-refractivity contribution in [2.75, 3.05) is 13.0 Å². The molecule has 0 amide bonds. The average molecular weight is 543 g/mol. The van der Waals surface area contributed by atoms with Crippen LogP contribution < -0.4 is 24.4 Å². The number of fused-ring (bicyclic) bond motifs is 2. The lowest BCUT2D eigenvalue weighted by molar-refractivity contribution is -0.143. The first-order chi connectivity index (χ1) is 17.3. The molecule has 186 valence electrons. The van der Waals surface area contributed by atoms with Gasteiger partial charge in [0.15, 0.2) is 16.3 Å². The van der Waals surface area contributed by atoms with E-state index in [4.69, 9.17) is 25.8 Å². The van der Waals surface area contributed by atoms with E-state index >= 15 is 0 Å². The van der Waals surface area contributed by atoms with E-state index in [2.05, 4.69) is 4.99 Å². The lowest BCUT2D eigenvalue weighted by Gasteiger charge is -2.25. The van der Waals surface area contributed by atoms with Gasteiger partial charge in [0.05, 0.1) is 33.0 Å². The molecule has 0 fully saturated rings. The summed E-state index contributed by atoms with van der Waals surface area (Å²) in [6.07, 6.45) is 3.40. The number of nitrogens with zero attached hydrogens (tertiary/aromatic N) is 2. The van der Waals surface area contributed by atoms with Gasteiger partial charge < -0.3 is 14.2 Å². The normalized spacial score (nSPS) is 16.8. The number of carbonyl (C=O) groups is 1. The van der Waals surface area contributed by atoms with Gasteiger partial charge in [-0.15, -0.1) is 11.8 Å². The molecular formula is C26H23ClN2O5S2. The SMILES string of the molecule is CSc1ccc([C@H]2C(C(=O)OC(C)C)=C(C)N=c3s/c(=C\c4cc5c(cc4Cl)OCO5)c(=O)n32)cc1. The number of ether oxygens (including phenoxy) is 3. The quantitative estimate of drug-likeness (QED) is 0.353. The maximum atomic E-state index is 13.8. The zero-order valence-corrected chi connectivity index (χ0v) is 22.4. The maximum Gasteiger partial charge on any atom is 0.338 e. The van der Waals surface area contributed by atoms with Crippen molar-refractivity contribution in [1.82, 2.24) is 4.57 Å². The number of thioether (sulfide) groups is 1. The van der Waals surface area contributed by atoms with Crippen LogP contribution in [0.3, 0.4) is 0 Å². The highest BCUT2D eigenvalue weighted by Gasteiger charge is 2.33. The number of hydrogen-bond donors (Lipinski definition) is 0. The zero-order chi connectivity index (χ0) is 25.6. The van der Waals surface area contributed by atoms with E-state index in [1.807, 2.05) is 30.5 Å². The van der Waals surface area contributed by atoms with Crippen LogP contribution in [0.25, 0.3) is 6.08 Å². The molecule has 0 unspecified atom stereocenters. The number of halogens is 1. The average Bonchev–Trinajstić information content (AvgIpc) is 3.41. The van der Waals surface area contributed by atoms with E-state index in [0.29, 0.717) is 42.7 Å². The summed E-state index contributed by atoms with van der Waals surface area (Å²) in [5.74, 6) is 0.647. The molecule has 0 radical (unpaired) electrons. The number of aromatic nitrogens is 1. The molecule has 0 bridgehead atoms. The Bertz CT molecular complexity index is 1570. The highest BCUT2D eigenvalue weighted by atomic mass is 35.5. The van der Waals surface area contributed by atoms with E-state index in [-0.39, 0.29) is 18.5 Å². The topological polar surface area (TPSA) is 79.1 Å². The van der Waals surface area contributed by atoms with Crippen molar-refractivity contribution in [1.29, 1.82) is 0 Å². The second-order valence-corrected chi connectivity index (χ2v) is 10.8. The van der Waals surface area contributed by atoms with E-state index < -0.39 is 12.0 Å². The smallest absolute Gasteiger partial charge is 0.338 e. The number of carbonyl (C=O) groups excluding carboxylic acids is 1. The van der Waals surface area contributed by atoms with Crippen LogP contribution in [0.15, 0.2) is 62.4 Å². The second kappa shape index (κ2) is 9.80. The third-order valence-electron chi connectivity index (χ3n) is 5.79. The first kappa shape index (κ1) is 24.7. The Morgan fingerprint density at radius 2 is 1.94 bits per heavy atom. The Morgan fingerprint density at radius 1 is 1.25 bits per heavy atom. The molecule has 2 aliphatic rings. The van der Waals surface area contributed by atoms with Crippen molar-refractivity contribution in [3.8, 4) is 11.5 Å². The molecule has 1 atom stereocenters. The predicted octanol–water partition coefficient (Wildman–Crippen LogP) is 4.29. The van der Waals surface area contributed by atoms with E-state index in [1.54, 1.807) is 55.3 Å². The fourth-order valence-corrected chi connectivity index (χ4v) is 5.80. The molecule has 7 nitrogen and oxygen atoms in total. The molecular weight excluding hydrogens is 520 g/mol. The van der Waals surface area contributed by atoms with Gasteiger partial charge in [0.1, 0.15) is 0 Å². The standard InChI is InChI=1S/C26H23ClN2O5S2/c1-13(2)34-25(31)22-14(3)28-26-29(23(22)15-5-7-17(35-4)8-6-15)24(30)21(36-26)10-16-9-19-20(11-18(16)27)33-12-32-19/h5-11,13,23H,12H2,1-4H3/b21-10-/t23-/m0/s1. The second-order valence-electron chi connectivity index (χ2n) is 8.54. The van der Waals surface area contributed by atoms with Crippen molar-refractivity contribution in [2.45, 2.75) is 37.8 Å². The molecule has 10 heteroatoms. The van der Waals surface area contributed by atoms with Crippen molar-refractivity contribution in [2.24, 2.45) is 4.99 Å². The van der Waals surface area contributed by atoms with Gasteiger partial charge in [0.25, 0.3) is 5.56 Å². The maximum absolute atomic E-state index is 13.8. The molecule has 5 rings (SSSR count). The Hall–Kier alpha value is -3.01. The van der Waals surface area contributed by atoms with Crippen LogP contribution in [0.2, 0.25) is 5.02 Å². The van der Waals surface area contributed by atoms with Gasteiger partial charge in [0.2, 0.25) is 6.79 Å². The lowest BCUT2D eigenvalue weighted by atomic mass is 9.96. The molecule has 2 aliphatic heterocycles. The van der Waals surface area contributed by atoms with Gasteiger partial charge in [-0.2, -0.15) is 0 Å². The number of benzene rings is 2. The number of thiazole rings is 1. The van der Waals surface area contributed by atoms with Gasteiger partial charge in [-0.25, -0.2) is 9.79 Å². The monoisotopic (exact) mass is 542 g/mol. The third-order valence-corrected chi connectivity index (χ3v) is 7.85. The Morgan fingerprint density at radius 3 is 2.61 bits per heavy atom. The van der Waals surface area contributed by atoms with Crippen LogP contribution in [0, 0.1) is 0 Å². The molecule has 0 saturated heterocycles. The molecule has 2 aromatic carbocycles. The summed E-state index contributed by atoms with van der Waals surface area (Å²) in [5.41, 5.74) is 2.02. The fourth-order valence-electron chi connectivity index (χ4n) is 4.15. The molecule has 3 heterocycles. The fraction of sp³-hybridized carbons (Fsp3) is 0.269. The van der Waals surface area contributed by atoms with Crippen LogP contribution >= 0.6 is 34.7 Å². The largest absolute Gasteiger partial charge is 0.459 e. The van der Waals surface area contributed by atoms with Crippen LogP contribution in [0.1, 0.15) is 37.9 Å². The summed E-state index contributed by atoms with van der Waals surface area (Å²) in [5, 5.41) is 0.437. The van der Waals surface area contributed by atoms with Crippen LogP contribution in [0.5, 0.6) is 11.5 Å². The minimum absolute atomic E-state index is 0.126. The summed E-state index contributed by atoms with van der Waals surface area (Å²) in [4.78, 5) is 33.2. The molecule has 0 N–H and O–H groups in total. The molecule has 36 heavy (non-hydrogen) atoms. The number of hydrogen-bond acceptors (Lipinski definition) is 8. The minimum atomic E-state index is -0.669. The number of rotatable bonds is 5. The number of esters is 1. The van der Waals surface area contributed by atoms with E-state index in [0.717, 1.165) is 10.5 Å². The van der Waals surface area contributed by atoms with Gasteiger partial charge in [0, 0.05) is 11.0 Å². The van der Waals surface area contributed by atoms with Gasteiger partial charge in [-0.3, -0.25) is 9.36 Å². The van der Waals surface area contributed by atoms with E-state index in [9.17, 15) is 9.59 Å². The van der Waals surface area contributed by atoms with Crippen LogP contribution in [-0.4, -0.2) is 29.7 Å². The van der Waals surface area contributed by atoms with Crippen molar-refractivity contribution in [3.63, 3.8) is 0 Å². The van der Waals surface area contributed by atoms with Crippen molar-refractivity contribution < 1.29 is 19.0 Å². The van der Waals surface area contributed by atoms with Gasteiger partial charge in [-0.1, -0.05) is 35.1 Å². The first-order valence-corrected chi connectivity index (χ1v) is 13.7. The highest BCUT2D eigenvalue weighted by Crippen LogP contribution is 2.37. The van der Waals surface area contributed by atoms with Gasteiger partial charge in [-0.05, 0) is 62.4 Å². The summed E-state index contributed by atoms with van der Waals surface area (Å²) in [7, 11) is 0. The Kier molecular flexibility index (Phi) is 6.72. The van der Waals surface area contributed by atoms with Crippen LogP contribution in [-0.2, 0) is 9.53 Å². The molecule has 1 aromatic heterocycles. The van der Waals surface area contributed by atoms with Gasteiger partial charge >= 0.3 is 5.97 Å². The summed E-state index contributed by atoms with van der Waals surface area (Å²) in [6.45, 7) is 5.48. The van der Waals surface area contributed by atoms with Crippen LogP contribution in [0.4, 0.5) is 0 Å². The minimum Gasteiger partial charge on any atom is -0.459 e. The van der Waals surface area contributed by atoms with Crippen molar-refractivity contribution in [3.05, 3.63) is 83.5 Å². The Labute approximate surface area is 220 Å². The predicted molar refractivity (Wildman–Crippen MR) is 141 cm³/mol. The number of allylic oxidation sites excluding steroid dienone is 1. The third kappa shape index (κ3) is 4.47. The summed E-state index contributed by atoms with van der Waals surface area (Å²) < 4.78 is 18.4. The van der Waals surface area contributed by atoms with Crippen molar-refractivity contribution >= 4 is 46.7 Å². The summed E-state index contributed by atoms with van der Waals surface area (Å²) >= 11 is 9.32. The molecule has 3 aromatic rings.